The number of phenolic OH excluding ortho intramolecular Hbond substituents is 1. The Morgan fingerprint density at radius 1 is 1.12 bits per heavy atom. The second kappa shape index (κ2) is 13.7. The third-order valence-corrected chi connectivity index (χ3v) is 8.67. The number of piperidine rings is 1. The highest BCUT2D eigenvalue weighted by Crippen LogP contribution is 2.36. The molecular formula is C30H39ClF4N4O2. The van der Waals surface area contributed by atoms with E-state index in [1.807, 2.05) is 22.9 Å². The van der Waals surface area contributed by atoms with Crippen molar-refractivity contribution in [1.29, 1.82) is 0 Å². The standard InChI is InChI=1S/C30H39ClF4N4O2/c1-37-13-10-22(11-14-37)36-12-4-3-5-29(41)39-18-23(21-7-9-25(31)28(40)16-21)27(19-39)38(2)17-20-6-8-24(26(32)15-20)30(33,34)35/h6-9,15-16,22-23,27,36,40H,3-5,10-14,17-19H2,1-2H3/t23-,27?/m1/s1. The number of phenols is 1. The lowest BCUT2D eigenvalue weighted by Crippen LogP contribution is -2.41. The van der Waals surface area contributed by atoms with E-state index >= 15 is 0 Å². The van der Waals surface area contributed by atoms with E-state index in [4.69, 9.17) is 11.6 Å². The van der Waals surface area contributed by atoms with Gasteiger partial charge in [0.15, 0.2) is 0 Å². The van der Waals surface area contributed by atoms with Gasteiger partial charge in [-0.2, -0.15) is 13.2 Å². The van der Waals surface area contributed by atoms with Gasteiger partial charge in [-0.25, -0.2) is 4.39 Å². The van der Waals surface area contributed by atoms with Gasteiger partial charge in [-0.3, -0.25) is 9.69 Å². The number of halogens is 5. The van der Waals surface area contributed by atoms with Crippen LogP contribution in [0, 0.1) is 5.82 Å². The van der Waals surface area contributed by atoms with Crippen LogP contribution in [0.15, 0.2) is 36.4 Å². The molecule has 0 aliphatic carbocycles. The van der Waals surface area contributed by atoms with E-state index in [1.165, 1.54) is 6.07 Å². The third-order valence-electron chi connectivity index (χ3n) is 8.35. The first-order valence-corrected chi connectivity index (χ1v) is 14.5. The number of benzene rings is 2. The Morgan fingerprint density at radius 3 is 2.51 bits per heavy atom. The van der Waals surface area contributed by atoms with Crippen molar-refractivity contribution < 1.29 is 27.5 Å². The fraction of sp³-hybridized carbons (Fsp3) is 0.567. The van der Waals surface area contributed by atoms with Crippen LogP contribution in [-0.2, 0) is 17.5 Å². The van der Waals surface area contributed by atoms with Crippen LogP contribution >= 0.6 is 11.6 Å². The van der Waals surface area contributed by atoms with E-state index in [0.717, 1.165) is 63.0 Å². The molecule has 6 nitrogen and oxygen atoms in total. The van der Waals surface area contributed by atoms with Crippen molar-refractivity contribution in [2.75, 3.05) is 46.8 Å². The fourth-order valence-electron chi connectivity index (χ4n) is 5.90. The van der Waals surface area contributed by atoms with Crippen molar-refractivity contribution in [2.24, 2.45) is 0 Å². The molecular weight excluding hydrogens is 560 g/mol. The van der Waals surface area contributed by atoms with Crippen LogP contribution in [0.25, 0.3) is 0 Å². The summed E-state index contributed by atoms with van der Waals surface area (Å²) >= 11 is 6.02. The smallest absolute Gasteiger partial charge is 0.419 e. The highest BCUT2D eigenvalue weighted by atomic mass is 35.5. The van der Waals surface area contributed by atoms with Crippen LogP contribution in [-0.4, -0.2) is 84.6 Å². The Balaban J connectivity index is 1.38. The minimum atomic E-state index is -4.76. The number of likely N-dealkylation sites (tertiary alicyclic amines) is 2. The van der Waals surface area contributed by atoms with E-state index in [0.29, 0.717) is 31.1 Å². The molecule has 2 saturated heterocycles. The molecule has 1 amide bonds. The Kier molecular flexibility index (Phi) is 10.5. The maximum absolute atomic E-state index is 14.2. The molecule has 0 radical (unpaired) electrons. The summed E-state index contributed by atoms with van der Waals surface area (Å²) in [4.78, 5) is 19.3. The van der Waals surface area contributed by atoms with Gasteiger partial charge < -0.3 is 20.2 Å². The van der Waals surface area contributed by atoms with Gasteiger partial charge in [0.1, 0.15) is 11.6 Å². The van der Waals surface area contributed by atoms with Crippen LogP contribution in [0.5, 0.6) is 5.75 Å². The summed E-state index contributed by atoms with van der Waals surface area (Å²) in [7, 11) is 3.95. The molecule has 2 N–H and O–H groups in total. The number of carbonyl (C=O) groups is 1. The molecule has 2 aromatic rings. The molecule has 0 aromatic heterocycles. The molecule has 2 fully saturated rings. The molecule has 2 heterocycles. The van der Waals surface area contributed by atoms with E-state index in [-0.39, 0.29) is 35.2 Å². The second-order valence-corrected chi connectivity index (χ2v) is 11.8. The van der Waals surface area contributed by atoms with Gasteiger partial charge in [-0.05, 0) is 94.8 Å². The topological polar surface area (TPSA) is 59.1 Å². The number of amides is 1. The SMILES string of the molecule is CN1CCC(NCCCCC(=O)N2CC(N(C)Cc3ccc(C(F)(F)F)c(F)c3)[C@@H](c3ccc(Cl)c(O)c3)C2)CC1. The first-order chi connectivity index (χ1) is 19.4. The third kappa shape index (κ3) is 8.34. The molecule has 2 aliphatic heterocycles. The van der Waals surface area contributed by atoms with Crippen LogP contribution in [0.1, 0.15) is 54.7 Å². The van der Waals surface area contributed by atoms with Crippen LogP contribution in [0.2, 0.25) is 5.02 Å². The predicted molar refractivity (Wildman–Crippen MR) is 151 cm³/mol. The number of rotatable bonds is 10. The Labute approximate surface area is 244 Å². The molecule has 0 saturated carbocycles. The monoisotopic (exact) mass is 598 g/mol. The van der Waals surface area contributed by atoms with Crippen LogP contribution < -0.4 is 5.32 Å². The number of aromatic hydroxyl groups is 1. The molecule has 2 aromatic carbocycles. The maximum atomic E-state index is 14.2. The van der Waals surface area contributed by atoms with Gasteiger partial charge in [0.05, 0.1) is 10.6 Å². The number of hydrogen-bond donors (Lipinski definition) is 2. The number of likely N-dealkylation sites (N-methyl/N-ethyl adjacent to an activating group) is 1. The van der Waals surface area contributed by atoms with Crippen molar-refractivity contribution in [3.05, 3.63) is 63.9 Å². The van der Waals surface area contributed by atoms with E-state index in [1.54, 1.807) is 12.1 Å². The second-order valence-electron chi connectivity index (χ2n) is 11.4. The molecule has 2 atom stereocenters. The Bertz CT molecular complexity index is 1190. The lowest BCUT2D eigenvalue weighted by atomic mass is 9.93. The highest BCUT2D eigenvalue weighted by Gasteiger charge is 2.39. The summed E-state index contributed by atoms with van der Waals surface area (Å²) in [5.41, 5.74) is -0.0878. The van der Waals surface area contributed by atoms with Gasteiger partial charge in [-0.1, -0.05) is 23.7 Å². The van der Waals surface area contributed by atoms with Gasteiger partial charge in [0, 0.05) is 44.1 Å². The fourth-order valence-corrected chi connectivity index (χ4v) is 6.01. The van der Waals surface area contributed by atoms with Gasteiger partial charge in [0.25, 0.3) is 0 Å². The normalized spacial score (nSPS) is 20.7. The Hall–Kier alpha value is -2.40. The summed E-state index contributed by atoms with van der Waals surface area (Å²) in [6.45, 7) is 4.12. The summed E-state index contributed by atoms with van der Waals surface area (Å²) in [5, 5.41) is 14.0. The highest BCUT2D eigenvalue weighted by molar-refractivity contribution is 6.32. The average molecular weight is 599 g/mol. The molecule has 226 valence electrons. The lowest BCUT2D eigenvalue weighted by Gasteiger charge is -2.29. The van der Waals surface area contributed by atoms with Crippen molar-refractivity contribution in [3.8, 4) is 5.75 Å². The van der Waals surface area contributed by atoms with Crippen LogP contribution in [0.4, 0.5) is 17.6 Å². The average Bonchev–Trinajstić information content (AvgIpc) is 3.36. The predicted octanol–water partition coefficient (Wildman–Crippen LogP) is 5.48. The Morgan fingerprint density at radius 2 is 1.85 bits per heavy atom. The van der Waals surface area contributed by atoms with E-state index < -0.39 is 17.6 Å². The van der Waals surface area contributed by atoms with E-state index in [2.05, 4.69) is 17.3 Å². The minimum Gasteiger partial charge on any atom is -0.506 e. The zero-order valence-corrected chi connectivity index (χ0v) is 24.3. The van der Waals surface area contributed by atoms with E-state index in [9.17, 15) is 27.5 Å². The largest absolute Gasteiger partial charge is 0.506 e. The first-order valence-electron chi connectivity index (χ1n) is 14.2. The summed E-state index contributed by atoms with van der Waals surface area (Å²) in [6, 6.07) is 8.31. The zero-order chi connectivity index (χ0) is 29.7. The maximum Gasteiger partial charge on any atom is 0.419 e. The number of unbranched alkanes of at least 4 members (excludes halogenated alkanes) is 1. The van der Waals surface area contributed by atoms with Crippen molar-refractivity contribution in [1.82, 2.24) is 20.0 Å². The number of carbonyl (C=O) groups excluding carboxylic acids is 1. The molecule has 2 aliphatic rings. The van der Waals surface area contributed by atoms with Crippen molar-refractivity contribution in [2.45, 2.75) is 62.8 Å². The number of nitrogens with zero attached hydrogens (tertiary/aromatic N) is 3. The zero-order valence-electron chi connectivity index (χ0n) is 23.6. The van der Waals surface area contributed by atoms with Gasteiger partial charge in [0.2, 0.25) is 5.91 Å². The molecule has 0 bridgehead atoms. The van der Waals surface area contributed by atoms with Crippen LogP contribution in [0.3, 0.4) is 0 Å². The lowest BCUT2D eigenvalue weighted by molar-refractivity contribution is -0.140. The molecule has 41 heavy (non-hydrogen) atoms. The quantitative estimate of drug-likeness (QED) is 0.280. The molecule has 4 rings (SSSR count). The number of alkyl halides is 3. The number of nitrogens with one attached hydrogen (secondary N) is 1. The first kappa shape index (κ1) is 31.5. The van der Waals surface area contributed by atoms with Crippen molar-refractivity contribution in [3.63, 3.8) is 0 Å². The summed E-state index contributed by atoms with van der Waals surface area (Å²) in [6.07, 6.45) is -0.382. The van der Waals surface area contributed by atoms with Crippen molar-refractivity contribution >= 4 is 17.5 Å². The number of hydrogen-bond acceptors (Lipinski definition) is 5. The molecule has 11 heteroatoms. The van der Waals surface area contributed by atoms with Gasteiger partial charge >= 0.3 is 6.18 Å². The molecule has 1 unspecified atom stereocenters. The van der Waals surface area contributed by atoms with Gasteiger partial charge in [-0.15, -0.1) is 0 Å². The minimum absolute atomic E-state index is 0.0453. The summed E-state index contributed by atoms with van der Waals surface area (Å²) in [5.74, 6) is -1.49. The molecule has 0 spiro atoms. The summed E-state index contributed by atoms with van der Waals surface area (Å²) < 4.78 is 53.3.